The van der Waals surface area contributed by atoms with Gasteiger partial charge in [-0.15, -0.1) is 0 Å². The zero-order chi connectivity index (χ0) is 11.1. The zero-order valence-electron chi connectivity index (χ0n) is 7.42. The first-order valence-corrected chi connectivity index (χ1v) is 4.53. The molecule has 2 aromatic rings. The summed E-state index contributed by atoms with van der Waals surface area (Å²) in [6.07, 6.45) is -4.30. The maximum Gasteiger partial charge on any atom is 0.406 e. The fourth-order valence-corrected chi connectivity index (χ4v) is 1.62. The van der Waals surface area contributed by atoms with Gasteiger partial charge in [-0.25, -0.2) is 4.98 Å². The van der Waals surface area contributed by atoms with Crippen LogP contribution in [0.5, 0.6) is 0 Å². The molecule has 0 spiro atoms. The van der Waals surface area contributed by atoms with Crippen LogP contribution in [0.3, 0.4) is 0 Å². The number of rotatable bonds is 1. The molecule has 0 aliphatic carbocycles. The minimum Gasteiger partial charge on any atom is -0.305 e. The Balaban J connectivity index is 2.54. The summed E-state index contributed by atoms with van der Waals surface area (Å²) >= 11 is 5.63. The van der Waals surface area contributed by atoms with E-state index >= 15 is 0 Å². The van der Waals surface area contributed by atoms with E-state index in [1.807, 2.05) is 0 Å². The zero-order valence-corrected chi connectivity index (χ0v) is 8.18. The highest BCUT2D eigenvalue weighted by atomic mass is 35.5. The van der Waals surface area contributed by atoms with Crippen LogP contribution >= 0.6 is 11.6 Å². The molecule has 1 aromatic heterocycles. The summed E-state index contributed by atoms with van der Waals surface area (Å²) in [5, 5.41) is -0.145. The van der Waals surface area contributed by atoms with Crippen molar-refractivity contribution in [2.24, 2.45) is 0 Å². The van der Waals surface area contributed by atoms with Crippen molar-refractivity contribution in [2.75, 3.05) is 0 Å². The van der Waals surface area contributed by atoms with Crippen LogP contribution in [0.4, 0.5) is 13.2 Å². The van der Waals surface area contributed by atoms with E-state index in [0.717, 1.165) is 4.57 Å². The SMILES string of the molecule is FC(F)(F)Cn1c(Cl)nc2ccccc21. The molecule has 80 valence electrons. The normalized spacial score (nSPS) is 12.3. The summed E-state index contributed by atoms with van der Waals surface area (Å²) in [5.74, 6) is 0. The van der Waals surface area contributed by atoms with Crippen molar-refractivity contribution in [3.8, 4) is 0 Å². The third-order valence-corrected chi connectivity index (χ3v) is 2.23. The van der Waals surface area contributed by atoms with Gasteiger partial charge in [-0.2, -0.15) is 13.2 Å². The first kappa shape index (κ1) is 10.3. The van der Waals surface area contributed by atoms with Crippen LogP contribution < -0.4 is 0 Å². The Bertz CT molecular complexity index is 490. The first-order valence-electron chi connectivity index (χ1n) is 4.15. The molecule has 0 atom stereocenters. The Kier molecular flexibility index (Phi) is 2.34. The lowest BCUT2D eigenvalue weighted by Gasteiger charge is -2.08. The number of aromatic nitrogens is 2. The summed E-state index contributed by atoms with van der Waals surface area (Å²) in [6.45, 7) is -1.12. The molecule has 15 heavy (non-hydrogen) atoms. The maximum absolute atomic E-state index is 12.2. The predicted octanol–water partition coefficient (Wildman–Crippen LogP) is 3.25. The Morgan fingerprint density at radius 1 is 1.27 bits per heavy atom. The van der Waals surface area contributed by atoms with Crippen molar-refractivity contribution in [1.29, 1.82) is 0 Å². The smallest absolute Gasteiger partial charge is 0.305 e. The summed E-state index contributed by atoms with van der Waals surface area (Å²) < 4.78 is 37.6. The lowest BCUT2D eigenvalue weighted by molar-refractivity contribution is -0.139. The summed E-state index contributed by atoms with van der Waals surface area (Å²) in [5.41, 5.74) is 0.853. The van der Waals surface area contributed by atoms with Crippen molar-refractivity contribution in [3.63, 3.8) is 0 Å². The van der Waals surface area contributed by atoms with Crippen molar-refractivity contribution >= 4 is 22.6 Å². The molecule has 0 bridgehead atoms. The van der Waals surface area contributed by atoms with E-state index in [9.17, 15) is 13.2 Å². The van der Waals surface area contributed by atoms with E-state index in [2.05, 4.69) is 4.98 Å². The van der Waals surface area contributed by atoms with Crippen molar-refractivity contribution in [2.45, 2.75) is 12.7 Å². The topological polar surface area (TPSA) is 17.8 Å². The second-order valence-corrected chi connectivity index (χ2v) is 3.41. The Hall–Kier alpha value is -1.23. The molecule has 0 aliphatic heterocycles. The minimum atomic E-state index is -4.30. The highest BCUT2D eigenvalue weighted by Crippen LogP contribution is 2.25. The number of hydrogen-bond donors (Lipinski definition) is 0. The van der Waals surface area contributed by atoms with Gasteiger partial charge in [-0.1, -0.05) is 12.1 Å². The van der Waals surface area contributed by atoms with Crippen LogP contribution in [-0.4, -0.2) is 15.7 Å². The van der Waals surface area contributed by atoms with Crippen LogP contribution in [0.15, 0.2) is 24.3 Å². The van der Waals surface area contributed by atoms with Crippen LogP contribution in [-0.2, 0) is 6.54 Å². The van der Waals surface area contributed by atoms with Crippen LogP contribution in [0, 0.1) is 0 Å². The Morgan fingerprint density at radius 2 is 1.93 bits per heavy atom. The molecule has 0 aliphatic rings. The molecule has 2 nitrogen and oxygen atoms in total. The molecule has 0 saturated carbocycles. The van der Waals surface area contributed by atoms with Gasteiger partial charge in [0.1, 0.15) is 6.54 Å². The van der Waals surface area contributed by atoms with Gasteiger partial charge in [0.25, 0.3) is 0 Å². The number of imidazole rings is 1. The third kappa shape index (κ3) is 2.07. The molecule has 0 radical (unpaired) electrons. The lowest BCUT2D eigenvalue weighted by atomic mass is 10.3. The molecule has 0 amide bonds. The van der Waals surface area contributed by atoms with E-state index in [1.54, 1.807) is 24.3 Å². The van der Waals surface area contributed by atoms with Crippen molar-refractivity contribution in [3.05, 3.63) is 29.5 Å². The molecular formula is C9H6ClF3N2. The Morgan fingerprint density at radius 3 is 2.60 bits per heavy atom. The van der Waals surface area contributed by atoms with E-state index in [1.165, 1.54) is 0 Å². The van der Waals surface area contributed by atoms with Gasteiger partial charge in [-0.05, 0) is 23.7 Å². The maximum atomic E-state index is 12.2. The van der Waals surface area contributed by atoms with E-state index in [-0.39, 0.29) is 5.28 Å². The largest absolute Gasteiger partial charge is 0.406 e. The molecule has 2 rings (SSSR count). The number of benzene rings is 1. The quantitative estimate of drug-likeness (QED) is 0.741. The lowest BCUT2D eigenvalue weighted by Crippen LogP contribution is -2.17. The molecule has 0 unspecified atom stereocenters. The molecular weight excluding hydrogens is 229 g/mol. The van der Waals surface area contributed by atoms with Crippen molar-refractivity contribution < 1.29 is 13.2 Å². The summed E-state index contributed by atoms with van der Waals surface area (Å²) in [4.78, 5) is 3.83. The van der Waals surface area contributed by atoms with Gasteiger partial charge in [0.05, 0.1) is 11.0 Å². The highest BCUT2D eigenvalue weighted by molar-refractivity contribution is 6.29. The molecule has 1 heterocycles. The summed E-state index contributed by atoms with van der Waals surface area (Å²) in [7, 11) is 0. The molecule has 6 heteroatoms. The molecule has 0 saturated heterocycles. The third-order valence-electron chi connectivity index (χ3n) is 1.95. The van der Waals surface area contributed by atoms with Gasteiger partial charge in [0, 0.05) is 0 Å². The molecule has 0 fully saturated rings. The van der Waals surface area contributed by atoms with Gasteiger partial charge >= 0.3 is 6.18 Å². The molecule has 0 N–H and O–H groups in total. The van der Waals surface area contributed by atoms with Gasteiger partial charge in [0.15, 0.2) is 0 Å². The number of nitrogens with zero attached hydrogens (tertiary/aromatic N) is 2. The number of hydrogen-bond acceptors (Lipinski definition) is 1. The second kappa shape index (κ2) is 3.41. The fourth-order valence-electron chi connectivity index (χ4n) is 1.38. The average Bonchev–Trinajstić information content (AvgIpc) is 2.41. The van der Waals surface area contributed by atoms with E-state index in [4.69, 9.17) is 11.6 Å². The molecule has 1 aromatic carbocycles. The Labute approximate surface area is 88.3 Å². The summed E-state index contributed by atoms with van der Waals surface area (Å²) in [6, 6.07) is 6.52. The standard InChI is InChI=1S/C9H6ClF3N2/c10-8-14-6-3-1-2-4-7(6)15(8)5-9(11,12)13/h1-4H,5H2. The van der Waals surface area contributed by atoms with Gasteiger partial charge in [0.2, 0.25) is 5.28 Å². The highest BCUT2D eigenvalue weighted by Gasteiger charge is 2.29. The predicted molar refractivity (Wildman–Crippen MR) is 50.8 cm³/mol. The van der Waals surface area contributed by atoms with Gasteiger partial charge in [-0.3, -0.25) is 0 Å². The number of fused-ring (bicyclic) bond motifs is 1. The number of para-hydroxylation sites is 2. The van der Waals surface area contributed by atoms with E-state index in [0.29, 0.717) is 11.0 Å². The van der Waals surface area contributed by atoms with Crippen LogP contribution in [0.1, 0.15) is 0 Å². The monoisotopic (exact) mass is 234 g/mol. The van der Waals surface area contributed by atoms with Crippen LogP contribution in [0.25, 0.3) is 11.0 Å². The van der Waals surface area contributed by atoms with Gasteiger partial charge < -0.3 is 4.57 Å². The first-order chi connectivity index (χ1) is 6.97. The van der Waals surface area contributed by atoms with E-state index < -0.39 is 12.7 Å². The number of halogens is 4. The van der Waals surface area contributed by atoms with Crippen molar-refractivity contribution in [1.82, 2.24) is 9.55 Å². The average molecular weight is 235 g/mol. The van der Waals surface area contributed by atoms with Crippen LogP contribution in [0.2, 0.25) is 5.28 Å². The minimum absolute atomic E-state index is 0.145. The number of alkyl halides is 3. The second-order valence-electron chi connectivity index (χ2n) is 3.07. The fraction of sp³-hybridized carbons (Fsp3) is 0.222.